The summed E-state index contributed by atoms with van der Waals surface area (Å²) in [6.07, 6.45) is 6.62. The second-order valence-corrected chi connectivity index (χ2v) is 12.0. The summed E-state index contributed by atoms with van der Waals surface area (Å²) in [4.78, 5) is 29.6. The van der Waals surface area contributed by atoms with Gasteiger partial charge in [0.25, 0.3) is 11.5 Å². The topological polar surface area (TPSA) is 77.4 Å². The summed E-state index contributed by atoms with van der Waals surface area (Å²) < 4.78 is 6.14. The minimum absolute atomic E-state index is 0.0984. The van der Waals surface area contributed by atoms with Crippen LogP contribution in [0.3, 0.4) is 0 Å². The highest BCUT2D eigenvalue weighted by molar-refractivity contribution is 9.10. The second-order valence-electron chi connectivity index (χ2n) is 10.7. The van der Waals surface area contributed by atoms with Gasteiger partial charge in [-0.2, -0.15) is 10.2 Å². The van der Waals surface area contributed by atoms with Gasteiger partial charge in [-0.1, -0.05) is 41.9 Å². The van der Waals surface area contributed by atoms with Gasteiger partial charge in [-0.15, -0.1) is 0 Å². The molecule has 0 atom stereocenters. The highest BCUT2D eigenvalue weighted by Crippen LogP contribution is 2.27. The van der Waals surface area contributed by atoms with Crippen molar-refractivity contribution in [2.45, 2.75) is 26.3 Å². The van der Waals surface area contributed by atoms with E-state index >= 15 is 0 Å². The Morgan fingerprint density at radius 1 is 0.977 bits per heavy atom. The minimum atomic E-state index is -0.140. The summed E-state index contributed by atoms with van der Waals surface area (Å²) >= 11 is 9.68. The number of rotatable bonds is 5. The highest BCUT2D eigenvalue weighted by atomic mass is 79.9. The number of hydrogen-bond acceptors (Lipinski definition) is 4. The van der Waals surface area contributed by atoms with E-state index in [1.807, 2.05) is 77.2 Å². The maximum atomic E-state index is 14.3. The standard InChI is InChI=1S/C33H26BrClN6O2/c1-21-17-36-39(19-21)25-8-10-26(11-9-25)40-31-24(15-22-5-3-2-4-6-22)18-37-41(31)30-20-38(14-13-27(30)33(40)43)32(42)23-7-12-28(34)29(35)16-23/h2-12,16-19H,13-15,20H2,1H3. The van der Waals surface area contributed by atoms with E-state index in [2.05, 4.69) is 33.2 Å². The number of halogens is 2. The van der Waals surface area contributed by atoms with E-state index in [-0.39, 0.29) is 18.0 Å². The monoisotopic (exact) mass is 652 g/mol. The van der Waals surface area contributed by atoms with Crippen LogP contribution in [-0.4, -0.2) is 41.3 Å². The van der Waals surface area contributed by atoms with Crippen molar-refractivity contribution < 1.29 is 4.79 Å². The lowest BCUT2D eigenvalue weighted by molar-refractivity contribution is 0.0729. The molecule has 1 amide bonds. The average molecular weight is 654 g/mol. The van der Waals surface area contributed by atoms with Crippen LogP contribution in [0.4, 0.5) is 0 Å². The second kappa shape index (κ2) is 11.0. The summed E-state index contributed by atoms with van der Waals surface area (Å²) in [7, 11) is 0. The molecule has 1 aliphatic heterocycles. The first-order valence-electron chi connectivity index (χ1n) is 13.9. The van der Waals surface area contributed by atoms with Crippen LogP contribution in [0, 0.1) is 6.92 Å². The van der Waals surface area contributed by atoms with Crippen LogP contribution < -0.4 is 5.56 Å². The molecule has 0 radical (unpaired) electrons. The molecule has 43 heavy (non-hydrogen) atoms. The lowest BCUT2D eigenvalue weighted by atomic mass is 10.0. The molecule has 3 aromatic carbocycles. The van der Waals surface area contributed by atoms with Crippen LogP contribution in [-0.2, 0) is 19.4 Å². The molecule has 0 aliphatic carbocycles. The number of hydrogen-bond donors (Lipinski definition) is 0. The SMILES string of the molecule is Cc1cnn(-c2ccc(-n3c(=O)c4c(n5ncc(Cc6ccccc6)c35)CN(C(=O)c3ccc(Br)c(Cl)c3)CC4)cc2)c1. The van der Waals surface area contributed by atoms with Gasteiger partial charge in [0, 0.05) is 40.3 Å². The molecular weight excluding hydrogens is 628 g/mol. The van der Waals surface area contributed by atoms with Crippen molar-refractivity contribution in [3.63, 3.8) is 0 Å². The van der Waals surface area contributed by atoms with E-state index in [0.29, 0.717) is 41.2 Å². The molecule has 0 unspecified atom stereocenters. The molecule has 1 aliphatic rings. The van der Waals surface area contributed by atoms with Crippen molar-refractivity contribution in [1.29, 1.82) is 0 Å². The molecule has 0 saturated heterocycles. The van der Waals surface area contributed by atoms with Gasteiger partial charge in [-0.3, -0.25) is 14.2 Å². The van der Waals surface area contributed by atoms with Gasteiger partial charge >= 0.3 is 0 Å². The molecule has 0 fully saturated rings. The largest absolute Gasteiger partial charge is 0.332 e. The van der Waals surface area contributed by atoms with Gasteiger partial charge in [0.05, 0.1) is 41.0 Å². The van der Waals surface area contributed by atoms with Gasteiger partial charge < -0.3 is 4.90 Å². The molecule has 0 bridgehead atoms. The molecule has 214 valence electrons. The smallest absolute Gasteiger partial charge is 0.261 e. The quantitative estimate of drug-likeness (QED) is 0.223. The third kappa shape index (κ3) is 4.98. The lowest BCUT2D eigenvalue weighted by Crippen LogP contribution is -2.41. The fraction of sp³-hybridized carbons (Fsp3) is 0.152. The first-order chi connectivity index (χ1) is 20.9. The minimum Gasteiger partial charge on any atom is -0.332 e. The molecule has 0 saturated carbocycles. The maximum Gasteiger partial charge on any atom is 0.261 e. The van der Waals surface area contributed by atoms with E-state index < -0.39 is 0 Å². The molecule has 6 aromatic rings. The Morgan fingerprint density at radius 3 is 2.47 bits per heavy atom. The average Bonchev–Trinajstić information content (AvgIpc) is 3.65. The fourth-order valence-corrected chi connectivity index (χ4v) is 6.12. The Balaban J connectivity index is 1.35. The van der Waals surface area contributed by atoms with Crippen molar-refractivity contribution in [2.75, 3.05) is 6.54 Å². The number of carbonyl (C=O) groups is 1. The van der Waals surface area contributed by atoms with E-state index in [1.165, 1.54) is 0 Å². The third-order valence-electron chi connectivity index (χ3n) is 7.84. The summed E-state index contributed by atoms with van der Waals surface area (Å²) in [6.45, 7) is 2.67. The zero-order chi connectivity index (χ0) is 29.7. The molecule has 10 heteroatoms. The van der Waals surface area contributed by atoms with Crippen LogP contribution in [0.1, 0.15) is 38.3 Å². The van der Waals surface area contributed by atoms with Crippen molar-refractivity contribution in [3.05, 3.63) is 145 Å². The Kier molecular flexibility index (Phi) is 6.99. The highest BCUT2D eigenvalue weighted by Gasteiger charge is 2.29. The summed E-state index contributed by atoms with van der Waals surface area (Å²) in [5.41, 5.74) is 7.21. The Morgan fingerprint density at radius 2 is 1.74 bits per heavy atom. The number of benzene rings is 3. The molecule has 4 heterocycles. The van der Waals surface area contributed by atoms with Crippen LogP contribution in [0.2, 0.25) is 5.02 Å². The van der Waals surface area contributed by atoms with E-state index in [1.54, 1.807) is 27.7 Å². The maximum absolute atomic E-state index is 14.3. The zero-order valence-electron chi connectivity index (χ0n) is 23.2. The molecule has 0 N–H and O–H groups in total. The van der Waals surface area contributed by atoms with Crippen molar-refractivity contribution in [2.24, 2.45) is 0 Å². The first-order valence-corrected chi connectivity index (χ1v) is 15.1. The number of fused-ring (bicyclic) bond motifs is 3. The van der Waals surface area contributed by atoms with E-state index in [9.17, 15) is 9.59 Å². The predicted octanol–water partition coefficient (Wildman–Crippen LogP) is 6.18. The van der Waals surface area contributed by atoms with E-state index in [0.717, 1.165) is 38.2 Å². The molecule has 7 rings (SSSR count). The Bertz CT molecular complexity index is 2060. The fourth-order valence-electron chi connectivity index (χ4n) is 5.69. The van der Waals surface area contributed by atoms with Crippen LogP contribution in [0.25, 0.3) is 17.0 Å². The van der Waals surface area contributed by atoms with Gasteiger partial charge in [0.2, 0.25) is 0 Å². The normalized spacial score (nSPS) is 13.0. The summed E-state index contributed by atoms with van der Waals surface area (Å²) in [5.74, 6) is -0.140. The van der Waals surface area contributed by atoms with Gasteiger partial charge in [0.1, 0.15) is 5.65 Å². The zero-order valence-corrected chi connectivity index (χ0v) is 25.6. The molecular formula is C33H26BrClN6O2. The summed E-state index contributed by atoms with van der Waals surface area (Å²) in [5, 5.41) is 9.68. The number of carbonyl (C=O) groups excluding carboxylic acids is 1. The number of amides is 1. The van der Waals surface area contributed by atoms with Gasteiger partial charge in [0.15, 0.2) is 0 Å². The molecule has 3 aromatic heterocycles. The van der Waals surface area contributed by atoms with Crippen LogP contribution >= 0.6 is 27.5 Å². The number of aromatic nitrogens is 5. The van der Waals surface area contributed by atoms with Gasteiger partial charge in [-0.25, -0.2) is 9.20 Å². The van der Waals surface area contributed by atoms with Crippen LogP contribution in [0.5, 0.6) is 0 Å². The Hall–Kier alpha value is -4.47. The summed E-state index contributed by atoms with van der Waals surface area (Å²) in [6, 6.07) is 23.1. The predicted molar refractivity (Wildman–Crippen MR) is 169 cm³/mol. The Labute approximate surface area is 260 Å². The third-order valence-corrected chi connectivity index (χ3v) is 9.07. The number of aryl methyl sites for hydroxylation is 1. The van der Waals surface area contributed by atoms with E-state index in [4.69, 9.17) is 16.7 Å². The molecule has 8 nitrogen and oxygen atoms in total. The van der Waals surface area contributed by atoms with Crippen molar-refractivity contribution >= 4 is 39.1 Å². The molecule has 0 spiro atoms. The lowest BCUT2D eigenvalue weighted by Gasteiger charge is -2.30. The van der Waals surface area contributed by atoms with Gasteiger partial charge in [-0.05, 0) is 82.9 Å². The first kappa shape index (κ1) is 27.4. The number of nitrogens with zero attached hydrogens (tertiary/aromatic N) is 6. The van der Waals surface area contributed by atoms with Crippen LogP contribution in [0.15, 0.2) is 101 Å². The van der Waals surface area contributed by atoms with Crippen molar-refractivity contribution in [3.8, 4) is 11.4 Å². The van der Waals surface area contributed by atoms with Crippen molar-refractivity contribution in [1.82, 2.24) is 28.9 Å².